The van der Waals surface area contributed by atoms with Gasteiger partial charge in [0.05, 0.1) is 11.2 Å². The van der Waals surface area contributed by atoms with E-state index in [1.54, 1.807) is 29.0 Å². The van der Waals surface area contributed by atoms with Crippen molar-refractivity contribution in [1.82, 2.24) is 14.0 Å². The molecule has 0 fully saturated rings. The summed E-state index contributed by atoms with van der Waals surface area (Å²) in [7, 11) is 4.26. The van der Waals surface area contributed by atoms with Gasteiger partial charge in [-0.2, -0.15) is 0 Å². The lowest BCUT2D eigenvalue weighted by atomic mass is 10.0. The number of halogens is 3. The van der Waals surface area contributed by atoms with E-state index in [1.165, 1.54) is 16.6 Å². The Balaban J connectivity index is 0.00000231. The molecule has 1 aliphatic heterocycles. The lowest BCUT2D eigenvalue weighted by Crippen LogP contribution is -2.27. The molecule has 0 unspecified atom stereocenters. The van der Waals surface area contributed by atoms with E-state index in [9.17, 15) is 4.79 Å². The van der Waals surface area contributed by atoms with Gasteiger partial charge in [0, 0.05) is 59.1 Å². The van der Waals surface area contributed by atoms with E-state index in [-0.39, 0.29) is 18.0 Å². The predicted molar refractivity (Wildman–Crippen MR) is 131 cm³/mol. The third kappa shape index (κ3) is 3.79. The molecule has 0 saturated carbocycles. The molecule has 0 aliphatic carbocycles. The topological polar surface area (TPSA) is 30.2 Å². The van der Waals surface area contributed by atoms with Crippen molar-refractivity contribution >= 4 is 46.5 Å². The van der Waals surface area contributed by atoms with Crippen LogP contribution in [-0.4, -0.2) is 27.6 Å². The van der Waals surface area contributed by atoms with Crippen molar-refractivity contribution in [3.8, 4) is 16.8 Å². The maximum Gasteiger partial charge on any atom is 0.255 e. The van der Waals surface area contributed by atoms with Crippen LogP contribution in [0.2, 0.25) is 10.0 Å². The van der Waals surface area contributed by atoms with Gasteiger partial charge in [0.15, 0.2) is 0 Å². The van der Waals surface area contributed by atoms with E-state index in [4.69, 9.17) is 23.2 Å². The van der Waals surface area contributed by atoms with E-state index < -0.39 is 0 Å². The summed E-state index contributed by atoms with van der Waals surface area (Å²) in [6.07, 6.45) is 2.86. The van der Waals surface area contributed by atoms with E-state index in [1.807, 2.05) is 18.2 Å². The zero-order valence-electron chi connectivity index (χ0n) is 17.2. The average molecular weight is 475 g/mol. The van der Waals surface area contributed by atoms with E-state index in [0.717, 1.165) is 41.8 Å². The fraction of sp³-hybridized carbons (Fsp3) is 0.208. The second kappa shape index (κ2) is 8.36. The largest absolute Gasteiger partial charge is 0.346 e. The fourth-order valence-corrected chi connectivity index (χ4v) is 4.92. The molecule has 2 aromatic heterocycles. The molecule has 0 N–H and O–H groups in total. The van der Waals surface area contributed by atoms with Crippen LogP contribution in [0, 0.1) is 0 Å². The minimum absolute atomic E-state index is 0. The molecule has 0 bridgehead atoms. The summed E-state index contributed by atoms with van der Waals surface area (Å²) in [5.74, 6) is 0. The van der Waals surface area contributed by atoms with E-state index in [0.29, 0.717) is 10.0 Å². The van der Waals surface area contributed by atoms with Crippen molar-refractivity contribution in [3.63, 3.8) is 0 Å². The van der Waals surface area contributed by atoms with Crippen molar-refractivity contribution in [1.29, 1.82) is 0 Å². The second-order valence-electron chi connectivity index (χ2n) is 7.92. The Morgan fingerprint density at radius 3 is 2.52 bits per heavy atom. The molecular formula is C24H22Cl3N3O. The summed E-state index contributed by atoms with van der Waals surface area (Å²) in [6.45, 7) is 2.02. The summed E-state index contributed by atoms with van der Waals surface area (Å²) in [5, 5.41) is 2.38. The summed E-state index contributed by atoms with van der Waals surface area (Å²) in [4.78, 5) is 15.3. The Labute approximate surface area is 197 Å². The minimum Gasteiger partial charge on any atom is -0.346 e. The number of likely N-dealkylation sites (N-methyl/N-ethyl adjacent to an activating group) is 1. The first-order valence-electron chi connectivity index (χ1n) is 9.89. The molecule has 0 spiro atoms. The molecule has 2 aromatic carbocycles. The molecule has 7 heteroatoms. The van der Waals surface area contributed by atoms with Gasteiger partial charge in [-0.15, -0.1) is 12.4 Å². The molecule has 0 amide bonds. The van der Waals surface area contributed by atoms with Gasteiger partial charge in [-0.3, -0.25) is 9.36 Å². The van der Waals surface area contributed by atoms with Crippen LogP contribution in [0.1, 0.15) is 11.3 Å². The smallest absolute Gasteiger partial charge is 0.255 e. The van der Waals surface area contributed by atoms with Crippen molar-refractivity contribution < 1.29 is 0 Å². The van der Waals surface area contributed by atoms with Crippen LogP contribution in [0.3, 0.4) is 0 Å². The van der Waals surface area contributed by atoms with Gasteiger partial charge in [0.25, 0.3) is 5.56 Å². The third-order valence-corrected chi connectivity index (χ3v) is 6.57. The Morgan fingerprint density at radius 2 is 1.77 bits per heavy atom. The van der Waals surface area contributed by atoms with Crippen molar-refractivity contribution in [2.75, 3.05) is 13.6 Å². The summed E-state index contributed by atoms with van der Waals surface area (Å²) >= 11 is 12.3. The van der Waals surface area contributed by atoms with Crippen LogP contribution in [0.4, 0.5) is 0 Å². The summed E-state index contributed by atoms with van der Waals surface area (Å²) < 4.78 is 3.93. The zero-order valence-corrected chi connectivity index (χ0v) is 19.6. The zero-order chi connectivity index (χ0) is 21.0. The molecular weight excluding hydrogens is 453 g/mol. The highest BCUT2D eigenvalue weighted by Gasteiger charge is 2.21. The van der Waals surface area contributed by atoms with Crippen LogP contribution < -0.4 is 5.56 Å². The molecule has 31 heavy (non-hydrogen) atoms. The summed E-state index contributed by atoms with van der Waals surface area (Å²) in [5.41, 5.74) is 6.26. The van der Waals surface area contributed by atoms with E-state index in [2.05, 4.69) is 35.7 Å². The van der Waals surface area contributed by atoms with Gasteiger partial charge < -0.3 is 9.47 Å². The van der Waals surface area contributed by atoms with E-state index >= 15 is 0 Å². The number of hydrogen-bond acceptors (Lipinski definition) is 2. The van der Waals surface area contributed by atoms with Crippen LogP contribution in [-0.2, 0) is 20.0 Å². The van der Waals surface area contributed by atoms with Gasteiger partial charge in [0.1, 0.15) is 0 Å². The quantitative estimate of drug-likeness (QED) is 0.372. The molecule has 3 heterocycles. The number of nitrogens with zero attached hydrogens (tertiary/aromatic N) is 3. The molecule has 1 aliphatic rings. The molecule has 4 nitrogen and oxygen atoms in total. The van der Waals surface area contributed by atoms with Crippen molar-refractivity contribution in [2.45, 2.75) is 13.0 Å². The molecule has 160 valence electrons. The lowest BCUT2D eigenvalue weighted by molar-refractivity contribution is 0.305. The van der Waals surface area contributed by atoms with Gasteiger partial charge in [-0.1, -0.05) is 35.3 Å². The minimum atomic E-state index is -0.100. The number of aromatic nitrogens is 2. The Bertz CT molecular complexity index is 1360. The number of aryl methyl sites for hydroxylation is 1. The normalized spacial score (nSPS) is 13.8. The monoisotopic (exact) mass is 473 g/mol. The van der Waals surface area contributed by atoms with Gasteiger partial charge in [-0.25, -0.2) is 0 Å². The van der Waals surface area contributed by atoms with Gasteiger partial charge in [-0.05, 0) is 54.9 Å². The number of rotatable bonds is 2. The maximum absolute atomic E-state index is 12.9. The molecule has 5 rings (SSSR count). The Hall–Kier alpha value is -2.24. The first-order chi connectivity index (χ1) is 14.4. The average Bonchev–Trinajstić information content (AvgIpc) is 2.99. The second-order valence-corrected chi connectivity index (χ2v) is 8.76. The number of benzene rings is 2. The number of fused-ring (bicyclic) bond motifs is 3. The molecule has 0 atom stereocenters. The highest BCUT2D eigenvalue weighted by atomic mass is 35.5. The standard InChI is InChI=1S/C24H21Cl2N3O.ClH/c1-27-9-8-20-19-6-4-17(13-22(19)28(2)23(20)14-27)29-10-7-15(11-24(29)30)18-5-3-16(25)12-21(18)26;/h3-7,10-13H,8-9,14H2,1-2H3;1H. The van der Waals surface area contributed by atoms with Crippen LogP contribution in [0.25, 0.3) is 27.7 Å². The first kappa shape index (κ1) is 22.0. The van der Waals surface area contributed by atoms with Crippen LogP contribution in [0.5, 0.6) is 0 Å². The predicted octanol–water partition coefficient (Wildman–Crippen LogP) is 5.71. The van der Waals surface area contributed by atoms with Crippen LogP contribution in [0.15, 0.2) is 59.5 Å². The highest BCUT2D eigenvalue weighted by molar-refractivity contribution is 6.36. The lowest BCUT2D eigenvalue weighted by Gasteiger charge is -2.23. The van der Waals surface area contributed by atoms with Gasteiger partial charge >= 0.3 is 0 Å². The Kier molecular flexibility index (Phi) is 5.93. The highest BCUT2D eigenvalue weighted by Crippen LogP contribution is 2.32. The number of pyridine rings is 1. The third-order valence-electron chi connectivity index (χ3n) is 6.02. The first-order valence-corrected chi connectivity index (χ1v) is 10.7. The summed E-state index contributed by atoms with van der Waals surface area (Å²) in [6, 6.07) is 15.1. The molecule has 0 radical (unpaired) electrons. The molecule has 0 saturated heterocycles. The van der Waals surface area contributed by atoms with Gasteiger partial charge in [0.2, 0.25) is 0 Å². The maximum atomic E-state index is 12.9. The van der Waals surface area contributed by atoms with Crippen LogP contribution >= 0.6 is 35.6 Å². The fourth-order valence-electron chi connectivity index (χ4n) is 4.41. The Morgan fingerprint density at radius 1 is 0.968 bits per heavy atom. The number of hydrogen-bond donors (Lipinski definition) is 0. The van der Waals surface area contributed by atoms with Crippen molar-refractivity contribution in [3.05, 3.63) is 86.4 Å². The SMILES string of the molecule is CN1CCc2c(n(C)c3cc(-n4ccc(-c5ccc(Cl)cc5Cl)cc4=O)ccc23)C1.Cl. The molecule has 4 aromatic rings. The van der Waals surface area contributed by atoms with Crippen molar-refractivity contribution in [2.24, 2.45) is 7.05 Å².